The average molecular weight is 427 g/mol. The van der Waals surface area contributed by atoms with Crippen molar-refractivity contribution in [1.29, 1.82) is 0 Å². The monoisotopic (exact) mass is 426 g/mol. The van der Waals surface area contributed by atoms with Crippen molar-refractivity contribution in [3.05, 3.63) is 71.3 Å². The number of hydrogen-bond acceptors (Lipinski definition) is 4. The van der Waals surface area contributed by atoms with Gasteiger partial charge in [0, 0.05) is 45.1 Å². The zero-order chi connectivity index (χ0) is 21.8. The minimum atomic E-state index is -0.713. The first-order chi connectivity index (χ1) is 15.0. The number of amides is 1. The highest BCUT2D eigenvalue weighted by Gasteiger charge is 2.46. The van der Waals surface area contributed by atoms with Gasteiger partial charge in [-0.25, -0.2) is 13.8 Å². The van der Waals surface area contributed by atoms with Gasteiger partial charge in [0.1, 0.15) is 11.6 Å². The lowest BCUT2D eigenvalue weighted by atomic mass is 9.80. The van der Waals surface area contributed by atoms with Crippen LogP contribution in [0.4, 0.5) is 8.78 Å². The summed E-state index contributed by atoms with van der Waals surface area (Å²) in [4.78, 5) is 15.1. The van der Waals surface area contributed by atoms with Crippen LogP contribution in [0.3, 0.4) is 0 Å². The Morgan fingerprint density at radius 2 is 1.87 bits per heavy atom. The van der Waals surface area contributed by atoms with E-state index in [2.05, 4.69) is 15.3 Å². The molecule has 2 aliphatic rings. The number of benzene rings is 2. The second-order valence-corrected chi connectivity index (χ2v) is 8.27. The smallest absolute Gasteiger partial charge is 0.240 e. The van der Waals surface area contributed by atoms with E-state index in [9.17, 15) is 13.6 Å². The molecule has 2 heterocycles. The van der Waals surface area contributed by atoms with Crippen molar-refractivity contribution in [2.24, 2.45) is 5.10 Å². The lowest BCUT2D eigenvalue weighted by molar-refractivity contribution is -0.135. The number of carbonyl (C=O) groups excluding carboxylic acids is 1. The SMILES string of the molecule is CC(=O)N1N=C(c2cc(F)ccc2F)C[C@]1(CCCN1CCNCC1)c1ccccc1. The molecule has 31 heavy (non-hydrogen) atoms. The van der Waals surface area contributed by atoms with Crippen LogP contribution < -0.4 is 5.32 Å². The van der Waals surface area contributed by atoms with Gasteiger partial charge in [0.2, 0.25) is 5.91 Å². The number of nitrogens with zero attached hydrogens (tertiary/aromatic N) is 3. The molecule has 0 unspecified atom stereocenters. The van der Waals surface area contributed by atoms with Gasteiger partial charge >= 0.3 is 0 Å². The van der Waals surface area contributed by atoms with Crippen LogP contribution in [0, 0.1) is 11.6 Å². The summed E-state index contributed by atoms with van der Waals surface area (Å²) in [6.45, 7) is 6.37. The first kappa shape index (κ1) is 21.6. The van der Waals surface area contributed by atoms with Crippen LogP contribution in [-0.2, 0) is 10.3 Å². The van der Waals surface area contributed by atoms with Crippen LogP contribution in [0.25, 0.3) is 0 Å². The number of nitrogens with one attached hydrogen (secondary N) is 1. The minimum absolute atomic E-state index is 0.117. The predicted molar refractivity (Wildman–Crippen MR) is 117 cm³/mol. The van der Waals surface area contributed by atoms with E-state index in [1.165, 1.54) is 11.9 Å². The molecule has 1 atom stereocenters. The Balaban J connectivity index is 1.66. The molecule has 2 aromatic carbocycles. The second-order valence-electron chi connectivity index (χ2n) is 8.27. The largest absolute Gasteiger partial charge is 0.314 e. The lowest BCUT2D eigenvalue weighted by Gasteiger charge is -2.37. The normalized spacial score (nSPS) is 21.9. The molecule has 2 aromatic rings. The lowest BCUT2D eigenvalue weighted by Crippen LogP contribution is -2.45. The molecular weight excluding hydrogens is 398 g/mol. The average Bonchev–Trinajstić information content (AvgIpc) is 3.18. The fourth-order valence-electron chi connectivity index (χ4n) is 4.68. The van der Waals surface area contributed by atoms with Gasteiger partial charge in [-0.05, 0) is 43.1 Å². The van der Waals surface area contributed by atoms with Crippen molar-refractivity contribution in [3.63, 3.8) is 0 Å². The number of carbonyl (C=O) groups is 1. The van der Waals surface area contributed by atoms with E-state index in [0.29, 0.717) is 18.6 Å². The molecule has 1 amide bonds. The molecule has 5 nitrogen and oxygen atoms in total. The quantitative estimate of drug-likeness (QED) is 0.769. The number of hydrazone groups is 1. The van der Waals surface area contributed by atoms with E-state index in [-0.39, 0.29) is 11.5 Å². The molecule has 0 bridgehead atoms. The first-order valence-corrected chi connectivity index (χ1v) is 10.8. The maximum absolute atomic E-state index is 14.5. The van der Waals surface area contributed by atoms with Crippen LogP contribution in [0.1, 0.15) is 37.3 Å². The van der Waals surface area contributed by atoms with E-state index in [0.717, 1.165) is 62.9 Å². The van der Waals surface area contributed by atoms with E-state index >= 15 is 0 Å². The second kappa shape index (κ2) is 9.24. The van der Waals surface area contributed by atoms with Crippen LogP contribution in [0.5, 0.6) is 0 Å². The maximum Gasteiger partial charge on any atom is 0.240 e. The third kappa shape index (κ3) is 4.52. The Kier molecular flexibility index (Phi) is 6.43. The summed E-state index contributed by atoms with van der Waals surface area (Å²) >= 11 is 0. The third-order valence-corrected chi connectivity index (χ3v) is 6.21. The van der Waals surface area contributed by atoms with Crippen molar-refractivity contribution in [3.8, 4) is 0 Å². The summed E-state index contributed by atoms with van der Waals surface area (Å²) in [6.07, 6.45) is 1.90. The molecule has 0 aliphatic carbocycles. The molecule has 0 aromatic heterocycles. The van der Waals surface area contributed by atoms with Gasteiger partial charge in [-0.3, -0.25) is 4.79 Å². The minimum Gasteiger partial charge on any atom is -0.314 e. The van der Waals surface area contributed by atoms with Crippen molar-refractivity contribution >= 4 is 11.6 Å². The number of rotatable bonds is 6. The van der Waals surface area contributed by atoms with Gasteiger partial charge in [-0.15, -0.1) is 0 Å². The summed E-state index contributed by atoms with van der Waals surface area (Å²) in [5.74, 6) is -1.27. The Labute approximate surface area is 181 Å². The molecule has 1 saturated heterocycles. The third-order valence-electron chi connectivity index (χ3n) is 6.21. The number of piperazine rings is 1. The van der Waals surface area contributed by atoms with E-state index in [1.807, 2.05) is 30.3 Å². The molecule has 2 aliphatic heterocycles. The fourth-order valence-corrected chi connectivity index (χ4v) is 4.68. The Morgan fingerprint density at radius 3 is 2.58 bits per heavy atom. The first-order valence-electron chi connectivity index (χ1n) is 10.8. The molecular formula is C24H28F2N4O. The standard InChI is InChI=1S/C24H28F2N4O/c1-18(31)30-24(19-6-3-2-4-7-19,10-5-13-29-14-11-27-12-15-29)17-23(28-30)21-16-20(25)8-9-22(21)26/h2-4,6-9,16,27H,5,10-15,17H2,1H3/t24-/m1/s1. The highest BCUT2D eigenvalue weighted by molar-refractivity contribution is 6.03. The maximum atomic E-state index is 14.5. The molecule has 1 N–H and O–H groups in total. The van der Waals surface area contributed by atoms with E-state index in [4.69, 9.17) is 0 Å². The Hall–Kier alpha value is -2.64. The summed E-state index contributed by atoms with van der Waals surface area (Å²) in [5.41, 5.74) is 0.764. The van der Waals surface area contributed by atoms with Gasteiger partial charge in [0.15, 0.2) is 0 Å². The molecule has 0 radical (unpaired) electrons. The summed E-state index contributed by atoms with van der Waals surface area (Å²) < 4.78 is 28.4. The molecule has 4 rings (SSSR count). The van der Waals surface area contributed by atoms with Crippen molar-refractivity contribution < 1.29 is 13.6 Å². The van der Waals surface area contributed by atoms with Crippen LogP contribution >= 0.6 is 0 Å². The zero-order valence-electron chi connectivity index (χ0n) is 17.8. The molecule has 164 valence electrons. The topological polar surface area (TPSA) is 47.9 Å². The summed E-state index contributed by atoms with van der Waals surface area (Å²) in [7, 11) is 0. The van der Waals surface area contributed by atoms with Gasteiger partial charge in [-0.2, -0.15) is 5.10 Å². The van der Waals surface area contributed by atoms with E-state index in [1.54, 1.807) is 0 Å². The van der Waals surface area contributed by atoms with Gasteiger partial charge in [0.05, 0.1) is 11.3 Å². The van der Waals surface area contributed by atoms with Gasteiger partial charge < -0.3 is 10.2 Å². The molecule has 0 spiro atoms. The Morgan fingerprint density at radius 1 is 1.13 bits per heavy atom. The van der Waals surface area contributed by atoms with Gasteiger partial charge in [0.25, 0.3) is 0 Å². The summed E-state index contributed by atoms with van der Waals surface area (Å²) in [5, 5.41) is 9.37. The fraction of sp³-hybridized carbons (Fsp3) is 0.417. The highest BCUT2D eigenvalue weighted by atomic mass is 19.1. The Bertz CT molecular complexity index is 959. The van der Waals surface area contributed by atoms with Crippen molar-refractivity contribution in [2.45, 2.75) is 31.7 Å². The molecule has 1 fully saturated rings. The van der Waals surface area contributed by atoms with Gasteiger partial charge in [-0.1, -0.05) is 30.3 Å². The zero-order valence-corrected chi connectivity index (χ0v) is 17.8. The van der Waals surface area contributed by atoms with Crippen LogP contribution in [0.15, 0.2) is 53.6 Å². The van der Waals surface area contributed by atoms with E-state index < -0.39 is 17.2 Å². The summed E-state index contributed by atoms with van der Waals surface area (Å²) in [6, 6.07) is 13.1. The van der Waals surface area contributed by atoms with Crippen molar-refractivity contribution in [1.82, 2.24) is 15.2 Å². The van der Waals surface area contributed by atoms with Crippen molar-refractivity contribution in [2.75, 3.05) is 32.7 Å². The predicted octanol–water partition coefficient (Wildman–Crippen LogP) is 3.50. The highest BCUT2D eigenvalue weighted by Crippen LogP contribution is 2.43. The number of hydrogen-bond donors (Lipinski definition) is 1. The molecule has 0 saturated carbocycles. The van der Waals surface area contributed by atoms with Crippen LogP contribution in [0.2, 0.25) is 0 Å². The van der Waals surface area contributed by atoms with Crippen LogP contribution in [-0.4, -0.2) is 54.3 Å². The molecule has 7 heteroatoms. The number of halogens is 2.